The molecule has 18 heavy (non-hydrogen) atoms. The molecule has 1 fully saturated rings. The summed E-state index contributed by atoms with van der Waals surface area (Å²) in [5, 5.41) is 0.984. The second-order valence-corrected chi connectivity index (χ2v) is 7.25. The molecule has 0 saturated carbocycles. The molecule has 2 heterocycles. The van der Waals surface area contributed by atoms with Gasteiger partial charge in [0, 0.05) is 31.2 Å². The summed E-state index contributed by atoms with van der Waals surface area (Å²) >= 11 is 3.40. The number of aromatic nitrogens is 2. The van der Waals surface area contributed by atoms with Crippen LogP contribution in [0.15, 0.2) is 17.6 Å². The zero-order valence-corrected chi connectivity index (χ0v) is 12.8. The Hall–Kier alpha value is -0.400. The van der Waals surface area contributed by atoms with E-state index in [0.29, 0.717) is 6.54 Å². The molecule has 0 aliphatic carbocycles. The number of imidazole rings is 1. The van der Waals surface area contributed by atoms with Gasteiger partial charge in [0.2, 0.25) is 0 Å². The summed E-state index contributed by atoms with van der Waals surface area (Å²) in [5.74, 6) is 0. The molecule has 1 unspecified atom stereocenters. The molecule has 2 rings (SSSR count). The molecule has 0 spiro atoms. The third-order valence-electron chi connectivity index (χ3n) is 3.27. The van der Waals surface area contributed by atoms with Crippen LogP contribution in [0.5, 0.6) is 0 Å². The average molecular weight is 336 g/mol. The molecule has 1 saturated heterocycles. The molecule has 1 aliphatic rings. The van der Waals surface area contributed by atoms with E-state index in [1.165, 1.54) is 6.33 Å². The Labute approximate surface area is 116 Å². The highest BCUT2D eigenvalue weighted by molar-refractivity contribution is 9.09. The van der Waals surface area contributed by atoms with Crippen LogP contribution < -0.4 is 0 Å². The molecule has 0 aromatic carbocycles. The predicted octanol–water partition coefficient (Wildman–Crippen LogP) is 1.75. The monoisotopic (exact) mass is 335 g/mol. The lowest BCUT2D eigenvalue weighted by molar-refractivity contribution is 0.247. The van der Waals surface area contributed by atoms with Crippen molar-refractivity contribution < 1.29 is 8.42 Å². The van der Waals surface area contributed by atoms with E-state index in [1.54, 1.807) is 22.1 Å². The van der Waals surface area contributed by atoms with E-state index >= 15 is 0 Å². The highest BCUT2D eigenvalue weighted by Gasteiger charge is 2.34. The SMILES string of the molecule is Cn1cnc(S(=O)(=O)N2CCCCC2CCBr)c1. The number of aryl methyl sites for hydroxylation is 1. The van der Waals surface area contributed by atoms with Gasteiger partial charge in [0.1, 0.15) is 0 Å². The van der Waals surface area contributed by atoms with E-state index in [9.17, 15) is 8.42 Å². The largest absolute Gasteiger partial charge is 0.339 e. The normalized spacial score (nSPS) is 22.2. The van der Waals surface area contributed by atoms with Crippen LogP contribution in [0.4, 0.5) is 0 Å². The highest BCUT2D eigenvalue weighted by Crippen LogP contribution is 2.26. The first-order valence-corrected chi connectivity index (χ1v) is 8.67. The zero-order valence-electron chi connectivity index (χ0n) is 10.4. The van der Waals surface area contributed by atoms with E-state index in [4.69, 9.17) is 0 Å². The summed E-state index contributed by atoms with van der Waals surface area (Å²) in [7, 11) is -1.66. The maximum Gasteiger partial charge on any atom is 0.262 e. The summed E-state index contributed by atoms with van der Waals surface area (Å²) in [4.78, 5) is 3.98. The minimum atomic E-state index is -3.43. The van der Waals surface area contributed by atoms with Crippen molar-refractivity contribution in [3.8, 4) is 0 Å². The molecule has 7 heteroatoms. The van der Waals surface area contributed by atoms with Gasteiger partial charge in [0.25, 0.3) is 10.0 Å². The van der Waals surface area contributed by atoms with Crippen molar-refractivity contribution in [1.29, 1.82) is 0 Å². The van der Waals surface area contributed by atoms with Crippen LogP contribution in [0.25, 0.3) is 0 Å². The maximum absolute atomic E-state index is 12.5. The first kappa shape index (κ1) is 14.0. The number of alkyl halides is 1. The summed E-state index contributed by atoms with van der Waals surface area (Å²) in [6.45, 7) is 0.608. The van der Waals surface area contributed by atoms with Gasteiger partial charge in [-0.05, 0) is 19.3 Å². The van der Waals surface area contributed by atoms with Gasteiger partial charge in [-0.25, -0.2) is 13.4 Å². The molecular formula is C11H18BrN3O2S. The smallest absolute Gasteiger partial charge is 0.262 e. The number of halogens is 1. The van der Waals surface area contributed by atoms with Crippen molar-refractivity contribution in [3.05, 3.63) is 12.5 Å². The first-order valence-electron chi connectivity index (χ1n) is 6.11. The Morgan fingerprint density at radius 1 is 1.50 bits per heavy atom. The van der Waals surface area contributed by atoms with Crippen LogP contribution >= 0.6 is 15.9 Å². The molecular weight excluding hydrogens is 318 g/mol. The van der Waals surface area contributed by atoms with Gasteiger partial charge in [-0.15, -0.1) is 0 Å². The Bertz CT molecular complexity index is 498. The Balaban J connectivity index is 2.27. The Morgan fingerprint density at radius 2 is 2.28 bits per heavy atom. The predicted molar refractivity (Wildman–Crippen MR) is 73.1 cm³/mol. The van der Waals surface area contributed by atoms with Gasteiger partial charge in [0.15, 0.2) is 5.03 Å². The van der Waals surface area contributed by atoms with Crippen LogP contribution in [-0.4, -0.2) is 40.2 Å². The summed E-state index contributed by atoms with van der Waals surface area (Å²) < 4.78 is 28.3. The third kappa shape index (κ3) is 2.78. The molecule has 1 aliphatic heterocycles. The number of rotatable bonds is 4. The zero-order chi connectivity index (χ0) is 13.2. The highest BCUT2D eigenvalue weighted by atomic mass is 79.9. The number of nitrogens with zero attached hydrogens (tertiary/aromatic N) is 3. The van der Waals surface area contributed by atoms with E-state index in [0.717, 1.165) is 31.0 Å². The van der Waals surface area contributed by atoms with E-state index in [1.807, 2.05) is 0 Å². The summed E-state index contributed by atoms with van der Waals surface area (Å²) in [6, 6.07) is 0.102. The minimum Gasteiger partial charge on any atom is -0.339 e. The van der Waals surface area contributed by atoms with Crippen molar-refractivity contribution >= 4 is 26.0 Å². The molecule has 0 bridgehead atoms. The molecule has 5 nitrogen and oxygen atoms in total. The van der Waals surface area contributed by atoms with Crippen LogP contribution in [0, 0.1) is 0 Å². The fraction of sp³-hybridized carbons (Fsp3) is 0.727. The van der Waals surface area contributed by atoms with Crippen LogP contribution in [-0.2, 0) is 17.1 Å². The Morgan fingerprint density at radius 3 is 2.89 bits per heavy atom. The second-order valence-electron chi connectivity index (χ2n) is 4.62. The maximum atomic E-state index is 12.5. The van der Waals surface area contributed by atoms with Gasteiger partial charge in [-0.1, -0.05) is 22.4 Å². The minimum absolute atomic E-state index is 0.102. The lowest BCUT2D eigenvalue weighted by atomic mass is 10.0. The standard InChI is InChI=1S/C11H18BrN3O2S/c1-14-8-11(13-9-14)18(16,17)15-7-3-2-4-10(15)5-6-12/h8-10H,2-7H2,1H3. The van der Waals surface area contributed by atoms with Crippen LogP contribution in [0.1, 0.15) is 25.7 Å². The van der Waals surface area contributed by atoms with Gasteiger partial charge in [-0.3, -0.25) is 0 Å². The molecule has 1 atom stereocenters. The summed E-state index contributed by atoms with van der Waals surface area (Å²) in [5.41, 5.74) is 0. The van der Waals surface area contributed by atoms with Gasteiger partial charge < -0.3 is 4.57 Å². The number of sulfonamides is 1. The lowest BCUT2D eigenvalue weighted by Crippen LogP contribution is -2.43. The number of hydrogen-bond donors (Lipinski definition) is 0. The molecule has 0 radical (unpaired) electrons. The van der Waals surface area contributed by atoms with Crippen molar-refractivity contribution in [2.45, 2.75) is 36.8 Å². The third-order valence-corrected chi connectivity index (χ3v) is 5.57. The van der Waals surface area contributed by atoms with Gasteiger partial charge in [0.05, 0.1) is 6.33 Å². The molecule has 1 aromatic rings. The fourth-order valence-electron chi connectivity index (χ4n) is 2.35. The molecule has 0 N–H and O–H groups in total. The lowest BCUT2D eigenvalue weighted by Gasteiger charge is -2.33. The molecule has 1 aromatic heterocycles. The molecule has 0 amide bonds. The average Bonchev–Trinajstić information content (AvgIpc) is 2.78. The molecule has 102 valence electrons. The van der Waals surface area contributed by atoms with Crippen molar-refractivity contribution in [1.82, 2.24) is 13.9 Å². The summed E-state index contributed by atoms with van der Waals surface area (Å²) in [6.07, 6.45) is 6.92. The van der Waals surface area contributed by atoms with Crippen LogP contribution in [0.2, 0.25) is 0 Å². The van der Waals surface area contributed by atoms with Crippen molar-refractivity contribution in [2.75, 3.05) is 11.9 Å². The van der Waals surface area contributed by atoms with Gasteiger partial charge in [-0.2, -0.15) is 4.31 Å². The topological polar surface area (TPSA) is 55.2 Å². The quantitative estimate of drug-likeness (QED) is 0.787. The first-order chi connectivity index (χ1) is 8.55. The van der Waals surface area contributed by atoms with E-state index < -0.39 is 10.0 Å². The number of hydrogen-bond acceptors (Lipinski definition) is 3. The fourth-order valence-corrected chi connectivity index (χ4v) is 4.57. The second kappa shape index (κ2) is 5.71. The van der Waals surface area contributed by atoms with Crippen molar-refractivity contribution in [2.24, 2.45) is 7.05 Å². The van der Waals surface area contributed by atoms with Crippen molar-refractivity contribution in [3.63, 3.8) is 0 Å². The van der Waals surface area contributed by atoms with E-state index in [2.05, 4.69) is 20.9 Å². The van der Waals surface area contributed by atoms with E-state index in [-0.39, 0.29) is 11.1 Å². The Kier molecular flexibility index (Phi) is 4.45. The van der Waals surface area contributed by atoms with Gasteiger partial charge >= 0.3 is 0 Å². The number of piperidine rings is 1. The van der Waals surface area contributed by atoms with Crippen LogP contribution in [0.3, 0.4) is 0 Å².